The number of aromatic nitrogens is 5. The molecule has 0 aliphatic heterocycles. The number of nitrogen functional groups attached to an aromatic ring is 1. The predicted molar refractivity (Wildman–Crippen MR) is 131 cm³/mol. The van der Waals surface area contributed by atoms with Crippen molar-refractivity contribution in [3.8, 4) is 22.5 Å². The molecule has 2 fully saturated rings. The van der Waals surface area contributed by atoms with Crippen LogP contribution < -0.4 is 16.6 Å². The molecule has 4 aromatic rings. The molecule has 8 heteroatoms. The first-order valence-electron chi connectivity index (χ1n) is 11.7. The molecule has 33 heavy (non-hydrogen) atoms. The molecule has 0 amide bonds. The Kier molecular flexibility index (Phi) is 4.40. The van der Waals surface area contributed by atoms with Gasteiger partial charge in [-0.2, -0.15) is 10.2 Å². The Morgan fingerprint density at radius 2 is 1.88 bits per heavy atom. The number of rotatable bonds is 6. The van der Waals surface area contributed by atoms with Gasteiger partial charge in [0.1, 0.15) is 5.39 Å². The normalized spacial score (nSPS) is 16.1. The fourth-order valence-electron chi connectivity index (χ4n) is 5.19. The Labute approximate surface area is 191 Å². The lowest BCUT2D eigenvalue weighted by Gasteiger charge is -2.20. The van der Waals surface area contributed by atoms with E-state index in [2.05, 4.69) is 46.7 Å². The van der Waals surface area contributed by atoms with Crippen LogP contribution >= 0.6 is 0 Å². The number of nitrogens with zero attached hydrogens (tertiary/aromatic N) is 4. The zero-order valence-electron chi connectivity index (χ0n) is 19.2. The minimum atomic E-state index is -0.0440. The summed E-state index contributed by atoms with van der Waals surface area (Å²) in [6, 6.07) is 8.65. The van der Waals surface area contributed by atoms with Crippen molar-refractivity contribution in [3.63, 3.8) is 0 Å². The smallest absolute Gasteiger partial charge is 0.264 e. The van der Waals surface area contributed by atoms with E-state index in [1.165, 1.54) is 31.2 Å². The molecular formula is C25H29N7O. The Morgan fingerprint density at radius 3 is 2.55 bits per heavy atom. The van der Waals surface area contributed by atoms with Crippen LogP contribution in [0.5, 0.6) is 0 Å². The summed E-state index contributed by atoms with van der Waals surface area (Å²) in [4.78, 5) is 13.5. The Morgan fingerprint density at radius 1 is 1.15 bits per heavy atom. The van der Waals surface area contributed by atoms with Gasteiger partial charge in [0.25, 0.3) is 5.56 Å². The van der Waals surface area contributed by atoms with Gasteiger partial charge in [-0.1, -0.05) is 6.07 Å². The minimum Gasteiger partial charge on any atom is -0.388 e. The van der Waals surface area contributed by atoms with Gasteiger partial charge >= 0.3 is 0 Å². The van der Waals surface area contributed by atoms with Crippen LogP contribution in [-0.2, 0) is 7.05 Å². The lowest BCUT2D eigenvalue weighted by atomic mass is 10.0. The summed E-state index contributed by atoms with van der Waals surface area (Å²) in [5, 5.41) is 15.7. The van der Waals surface area contributed by atoms with Crippen LogP contribution in [0.15, 0.2) is 35.3 Å². The topological polar surface area (TPSA) is 107 Å². The van der Waals surface area contributed by atoms with Crippen molar-refractivity contribution in [1.82, 2.24) is 24.5 Å². The summed E-state index contributed by atoms with van der Waals surface area (Å²) in [5.41, 5.74) is 12.8. The third-order valence-electron chi connectivity index (χ3n) is 7.27. The first kappa shape index (κ1) is 20.1. The van der Waals surface area contributed by atoms with Crippen molar-refractivity contribution >= 4 is 22.4 Å². The zero-order chi connectivity index (χ0) is 22.9. The maximum atomic E-state index is 13.5. The van der Waals surface area contributed by atoms with Crippen molar-refractivity contribution < 1.29 is 0 Å². The van der Waals surface area contributed by atoms with Gasteiger partial charge in [-0.25, -0.2) is 0 Å². The van der Waals surface area contributed by atoms with Gasteiger partial charge in [0.2, 0.25) is 0 Å². The second-order valence-electron chi connectivity index (χ2n) is 9.60. The summed E-state index contributed by atoms with van der Waals surface area (Å²) < 4.78 is 3.84. The molecule has 3 heterocycles. The minimum absolute atomic E-state index is 0.0440. The number of hydrogen-bond acceptors (Lipinski definition) is 5. The van der Waals surface area contributed by atoms with Crippen LogP contribution in [0.4, 0.5) is 11.5 Å². The second kappa shape index (κ2) is 7.23. The highest BCUT2D eigenvalue weighted by molar-refractivity contribution is 5.98. The van der Waals surface area contributed by atoms with Gasteiger partial charge in [-0.3, -0.25) is 14.6 Å². The number of fused-ring (bicyclic) bond motifs is 1. The lowest BCUT2D eigenvalue weighted by Crippen LogP contribution is -2.27. The van der Waals surface area contributed by atoms with Crippen molar-refractivity contribution in [3.05, 3.63) is 46.4 Å². The number of nitrogens with one attached hydrogen (secondary N) is 2. The summed E-state index contributed by atoms with van der Waals surface area (Å²) in [5.74, 6) is 1.42. The monoisotopic (exact) mass is 443 g/mol. The van der Waals surface area contributed by atoms with Gasteiger partial charge in [-0.15, -0.1) is 0 Å². The second-order valence-corrected chi connectivity index (χ2v) is 9.60. The Bertz CT molecular complexity index is 1420. The van der Waals surface area contributed by atoms with Gasteiger partial charge < -0.3 is 15.6 Å². The van der Waals surface area contributed by atoms with Crippen molar-refractivity contribution in [1.29, 1.82) is 0 Å². The van der Waals surface area contributed by atoms with Crippen LogP contribution in [0.2, 0.25) is 0 Å². The molecule has 170 valence electrons. The fourth-order valence-corrected chi connectivity index (χ4v) is 5.19. The van der Waals surface area contributed by atoms with E-state index in [0.29, 0.717) is 22.7 Å². The lowest BCUT2D eigenvalue weighted by molar-refractivity contribution is 0.386. The van der Waals surface area contributed by atoms with E-state index in [0.717, 1.165) is 28.2 Å². The number of hydrogen-bond donors (Lipinski definition) is 3. The summed E-state index contributed by atoms with van der Waals surface area (Å²) in [7, 11) is 3.87. The highest BCUT2D eigenvalue weighted by atomic mass is 16.1. The van der Waals surface area contributed by atoms with Crippen LogP contribution in [0.25, 0.3) is 33.4 Å². The van der Waals surface area contributed by atoms with E-state index in [1.807, 2.05) is 29.5 Å². The summed E-state index contributed by atoms with van der Waals surface area (Å²) in [6.07, 6.45) is 6.76. The number of nitrogens with two attached hydrogens (primary N) is 1. The Balaban J connectivity index is 1.55. The highest BCUT2D eigenvalue weighted by Gasteiger charge is 2.43. The van der Waals surface area contributed by atoms with E-state index >= 15 is 0 Å². The third-order valence-corrected chi connectivity index (χ3v) is 7.27. The first-order chi connectivity index (χ1) is 16.0. The molecule has 4 N–H and O–H groups in total. The number of anilines is 2. The molecule has 0 spiro atoms. The Hall–Kier alpha value is -3.55. The molecule has 0 unspecified atom stereocenters. The quantitative estimate of drug-likeness (QED) is 0.416. The molecule has 8 nitrogen and oxygen atoms in total. The fraction of sp³-hybridized carbons (Fsp3) is 0.400. The molecule has 2 saturated carbocycles. The number of aryl methyl sites for hydroxylation is 2. The number of pyridine rings is 1. The van der Waals surface area contributed by atoms with Gasteiger partial charge in [-0.05, 0) is 68.2 Å². The SMILES string of the molecule is CNc1ccc(C)c(-c2cc(-c3cn(C(C4CC4)C4CC4)c(=O)c4c(N)n[nH]c34)nn2C)c1. The van der Waals surface area contributed by atoms with Crippen molar-refractivity contribution in [2.45, 2.75) is 38.6 Å². The van der Waals surface area contributed by atoms with Crippen molar-refractivity contribution in [2.75, 3.05) is 18.1 Å². The van der Waals surface area contributed by atoms with E-state index in [9.17, 15) is 4.79 Å². The molecule has 0 radical (unpaired) electrons. The largest absolute Gasteiger partial charge is 0.388 e. The number of aromatic amines is 1. The molecule has 6 rings (SSSR count). The average molecular weight is 444 g/mol. The standard InChI is InChI=1S/C25H29N7O/c1-13-4-9-16(27-2)10-17(13)20-11-19(30-31(20)3)18-12-32(23(14-5-6-14)15-7-8-15)25(33)21-22(18)28-29-24(21)26/h4,9-12,14-15,23,27H,5-8H2,1-3H3,(H3,26,28,29). The van der Waals surface area contributed by atoms with Gasteiger partial charge in [0, 0.05) is 43.1 Å². The van der Waals surface area contributed by atoms with Crippen LogP contribution in [0.3, 0.4) is 0 Å². The van der Waals surface area contributed by atoms with E-state index in [-0.39, 0.29) is 17.4 Å². The maximum Gasteiger partial charge on any atom is 0.264 e. The van der Waals surface area contributed by atoms with Crippen LogP contribution in [0, 0.1) is 18.8 Å². The molecule has 0 saturated heterocycles. The molecule has 1 aromatic carbocycles. The van der Waals surface area contributed by atoms with E-state index in [1.54, 1.807) is 0 Å². The summed E-state index contributed by atoms with van der Waals surface area (Å²) in [6.45, 7) is 2.10. The highest BCUT2D eigenvalue weighted by Crippen LogP contribution is 2.52. The molecule has 3 aromatic heterocycles. The van der Waals surface area contributed by atoms with Crippen LogP contribution in [-0.4, -0.2) is 31.6 Å². The predicted octanol–water partition coefficient (Wildman–Crippen LogP) is 4.09. The molecule has 2 aliphatic carbocycles. The van der Waals surface area contributed by atoms with Gasteiger partial charge in [0.15, 0.2) is 5.82 Å². The first-order valence-corrected chi connectivity index (χ1v) is 11.7. The van der Waals surface area contributed by atoms with E-state index in [4.69, 9.17) is 10.8 Å². The van der Waals surface area contributed by atoms with E-state index < -0.39 is 0 Å². The maximum absolute atomic E-state index is 13.5. The molecular weight excluding hydrogens is 414 g/mol. The van der Waals surface area contributed by atoms with Crippen molar-refractivity contribution in [2.24, 2.45) is 18.9 Å². The molecule has 0 atom stereocenters. The number of H-pyrrole nitrogens is 1. The average Bonchev–Trinajstić information content (AvgIpc) is 3.74. The molecule has 2 aliphatic rings. The molecule has 0 bridgehead atoms. The third kappa shape index (κ3) is 3.23. The van der Waals surface area contributed by atoms with Gasteiger partial charge in [0.05, 0.1) is 16.9 Å². The van der Waals surface area contributed by atoms with Crippen LogP contribution in [0.1, 0.15) is 37.3 Å². The summed E-state index contributed by atoms with van der Waals surface area (Å²) >= 11 is 0. The zero-order valence-corrected chi connectivity index (χ0v) is 19.2. The number of benzene rings is 1.